The summed E-state index contributed by atoms with van der Waals surface area (Å²) in [5, 5.41) is 9.65. The van der Waals surface area contributed by atoms with Crippen molar-refractivity contribution in [2.45, 2.75) is 18.9 Å². The van der Waals surface area contributed by atoms with E-state index in [1.807, 2.05) is 0 Å². The molecular weight excluding hydrogens is 254 g/mol. The van der Waals surface area contributed by atoms with Gasteiger partial charge in [-0.2, -0.15) is 0 Å². The highest BCUT2D eigenvalue weighted by molar-refractivity contribution is 9.10. The molecule has 1 N–H and O–H groups in total. The fourth-order valence-electron chi connectivity index (χ4n) is 1.46. The molecule has 1 aliphatic rings. The lowest BCUT2D eigenvalue weighted by Gasteiger charge is -2.12. The monoisotopic (exact) mass is 262 g/mol. The van der Waals surface area contributed by atoms with Gasteiger partial charge in [-0.3, -0.25) is 0 Å². The molecule has 1 saturated carbocycles. The van der Waals surface area contributed by atoms with Crippen molar-refractivity contribution in [1.29, 1.82) is 0 Å². The molecule has 1 atom stereocenters. The van der Waals surface area contributed by atoms with E-state index in [4.69, 9.17) is 0 Å². The van der Waals surface area contributed by atoms with Crippen molar-refractivity contribution in [3.8, 4) is 0 Å². The number of benzene rings is 1. The van der Waals surface area contributed by atoms with Crippen molar-refractivity contribution in [3.05, 3.63) is 33.8 Å². The maximum atomic E-state index is 13.5. The van der Waals surface area contributed by atoms with Gasteiger partial charge in [0.05, 0.1) is 16.1 Å². The van der Waals surface area contributed by atoms with Crippen LogP contribution in [-0.2, 0) is 0 Å². The van der Waals surface area contributed by atoms with Gasteiger partial charge in [0.1, 0.15) is 11.6 Å². The van der Waals surface area contributed by atoms with Crippen molar-refractivity contribution in [2.24, 2.45) is 5.92 Å². The smallest absolute Gasteiger partial charge is 0.146 e. The van der Waals surface area contributed by atoms with Crippen LogP contribution < -0.4 is 0 Å². The van der Waals surface area contributed by atoms with Crippen LogP contribution >= 0.6 is 15.9 Å². The zero-order valence-electron chi connectivity index (χ0n) is 7.30. The first-order valence-corrected chi connectivity index (χ1v) is 5.22. The molecule has 14 heavy (non-hydrogen) atoms. The number of hydrogen-bond donors (Lipinski definition) is 1. The number of rotatable bonds is 2. The summed E-state index contributed by atoms with van der Waals surface area (Å²) < 4.78 is 26.9. The molecule has 0 amide bonds. The molecule has 1 aromatic rings. The Morgan fingerprint density at radius 2 is 2.00 bits per heavy atom. The molecule has 0 saturated heterocycles. The summed E-state index contributed by atoms with van der Waals surface area (Å²) in [6, 6.07) is 2.46. The predicted molar refractivity (Wildman–Crippen MR) is 51.7 cm³/mol. The first-order valence-electron chi connectivity index (χ1n) is 4.42. The summed E-state index contributed by atoms with van der Waals surface area (Å²) in [4.78, 5) is 0. The number of aliphatic hydroxyl groups excluding tert-OH is 1. The highest BCUT2D eigenvalue weighted by Crippen LogP contribution is 2.43. The fraction of sp³-hybridized carbons (Fsp3) is 0.400. The SMILES string of the molecule is OC(c1c(F)ccc(Br)c1F)C1CC1. The topological polar surface area (TPSA) is 20.2 Å². The Kier molecular flexibility index (Phi) is 2.58. The Morgan fingerprint density at radius 3 is 2.57 bits per heavy atom. The molecule has 0 aromatic heterocycles. The highest BCUT2D eigenvalue weighted by Gasteiger charge is 2.34. The van der Waals surface area contributed by atoms with E-state index >= 15 is 0 Å². The van der Waals surface area contributed by atoms with Crippen molar-refractivity contribution < 1.29 is 13.9 Å². The Hall–Kier alpha value is -0.480. The summed E-state index contributed by atoms with van der Waals surface area (Å²) in [6.45, 7) is 0. The third-order valence-electron chi connectivity index (χ3n) is 2.44. The van der Waals surface area contributed by atoms with Crippen LogP contribution in [0, 0.1) is 17.6 Å². The van der Waals surface area contributed by atoms with Crippen molar-refractivity contribution in [1.82, 2.24) is 0 Å². The molecule has 0 bridgehead atoms. The second-order valence-electron chi connectivity index (χ2n) is 3.54. The minimum atomic E-state index is -1.01. The molecule has 76 valence electrons. The molecular formula is C10H9BrF2O. The van der Waals surface area contributed by atoms with Crippen LogP contribution in [0.5, 0.6) is 0 Å². The van der Waals surface area contributed by atoms with Crippen LogP contribution in [0.15, 0.2) is 16.6 Å². The first kappa shape index (κ1) is 10.1. The third-order valence-corrected chi connectivity index (χ3v) is 3.06. The molecule has 0 aliphatic heterocycles. The van der Waals surface area contributed by atoms with Crippen LogP contribution in [0.25, 0.3) is 0 Å². The van der Waals surface area contributed by atoms with E-state index < -0.39 is 17.7 Å². The molecule has 2 rings (SSSR count). The zero-order chi connectivity index (χ0) is 10.3. The summed E-state index contributed by atoms with van der Waals surface area (Å²) >= 11 is 2.97. The Bertz CT molecular complexity index is 363. The maximum absolute atomic E-state index is 13.5. The van der Waals surface area contributed by atoms with Gasteiger partial charge in [-0.05, 0) is 46.8 Å². The molecule has 4 heteroatoms. The Morgan fingerprint density at radius 1 is 1.36 bits per heavy atom. The first-order chi connectivity index (χ1) is 6.61. The van der Waals surface area contributed by atoms with Crippen LogP contribution in [0.4, 0.5) is 8.78 Å². The molecule has 1 nitrogen and oxygen atoms in total. The standard InChI is InChI=1S/C10H9BrF2O/c11-6-3-4-7(12)8(9(6)13)10(14)5-1-2-5/h3-5,10,14H,1-2H2. The zero-order valence-corrected chi connectivity index (χ0v) is 8.89. The van der Waals surface area contributed by atoms with Gasteiger partial charge in [0.15, 0.2) is 0 Å². The average Bonchev–Trinajstić information content (AvgIpc) is 2.95. The normalized spacial score (nSPS) is 18.3. The van der Waals surface area contributed by atoms with Gasteiger partial charge < -0.3 is 5.11 Å². The lowest BCUT2D eigenvalue weighted by Crippen LogP contribution is -2.06. The minimum absolute atomic E-state index is 0.0216. The molecule has 1 aliphatic carbocycles. The summed E-state index contributed by atoms with van der Waals surface area (Å²) in [7, 11) is 0. The van der Waals surface area contributed by atoms with Gasteiger partial charge >= 0.3 is 0 Å². The van der Waals surface area contributed by atoms with E-state index in [1.165, 1.54) is 6.07 Å². The number of aliphatic hydroxyl groups is 1. The van der Waals surface area contributed by atoms with E-state index in [0.29, 0.717) is 0 Å². The van der Waals surface area contributed by atoms with E-state index in [1.54, 1.807) is 0 Å². The Balaban J connectivity index is 2.43. The minimum Gasteiger partial charge on any atom is -0.388 e. The van der Waals surface area contributed by atoms with Gasteiger partial charge in [-0.1, -0.05) is 0 Å². The molecule has 1 aromatic carbocycles. The van der Waals surface area contributed by atoms with E-state index in [-0.39, 0.29) is 16.0 Å². The lowest BCUT2D eigenvalue weighted by molar-refractivity contribution is 0.144. The van der Waals surface area contributed by atoms with E-state index in [9.17, 15) is 13.9 Å². The van der Waals surface area contributed by atoms with Gasteiger partial charge in [0.25, 0.3) is 0 Å². The van der Waals surface area contributed by atoms with Crippen LogP contribution in [0.3, 0.4) is 0 Å². The van der Waals surface area contributed by atoms with Crippen molar-refractivity contribution in [2.75, 3.05) is 0 Å². The van der Waals surface area contributed by atoms with Crippen molar-refractivity contribution >= 4 is 15.9 Å². The van der Waals surface area contributed by atoms with Crippen molar-refractivity contribution in [3.63, 3.8) is 0 Å². The van der Waals surface area contributed by atoms with Crippen LogP contribution in [-0.4, -0.2) is 5.11 Å². The number of halogens is 3. The van der Waals surface area contributed by atoms with E-state index in [0.717, 1.165) is 18.9 Å². The van der Waals surface area contributed by atoms with Gasteiger partial charge in [-0.25, -0.2) is 8.78 Å². The van der Waals surface area contributed by atoms with Crippen LogP contribution in [0.1, 0.15) is 24.5 Å². The fourth-order valence-corrected chi connectivity index (χ4v) is 1.81. The number of hydrogen-bond acceptors (Lipinski definition) is 1. The molecule has 0 heterocycles. The van der Waals surface area contributed by atoms with Crippen LogP contribution in [0.2, 0.25) is 0 Å². The maximum Gasteiger partial charge on any atom is 0.146 e. The molecule has 1 fully saturated rings. The largest absolute Gasteiger partial charge is 0.388 e. The second-order valence-corrected chi connectivity index (χ2v) is 4.39. The second kappa shape index (κ2) is 3.59. The third kappa shape index (κ3) is 1.68. The molecule has 0 radical (unpaired) electrons. The quantitative estimate of drug-likeness (QED) is 0.812. The summed E-state index contributed by atoms with van der Waals surface area (Å²) in [5.74, 6) is -1.34. The average molecular weight is 263 g/mol. The lowest BCUT2D eigenvalue weighted by atomic mass is 10.0. The molecule has 0 spiro atoms. The van der Waals surface area contributed by atoms with E-state index in [2.05, 4.69) is 15.9 Å². The highest BCUT2D eigenvalue weighted by atomic mass is 79.9. The molecule has 1 unspecified atom stereocenters. The summed E-state index contributed by atoms with van der Waals surface area (Å²) in [6.07, 6.45) is 0.673. The van der Waals surface area contributed by atoms with Gasteiger partial charge in [0, 0.05) is 0 Å². The summed E-state index contributed by atoms with van der Waals surface area (Å²) in [5.41, 5.74) is -0.207. The van der Waals surface area contributed by atoms with Gasteiger partial charge in [-0.15, -0.1) is 0 Å². The predicted octanol–water partition coefficient (Wildman–Crippen LogP) is 3.17. The Labute approximate surface area is 88.9 Å². The van der Waals surface area contributed by atoms with Gasteiger partial charge in [0.2, 0.25) is 0 Å².